The van der Waals surface area contributed by atoms with E-state index in [9.17, 15) is 58.8 Å². The summed E-state index contributed by atoms with van der Waals surface area (Å²) < 4.78 is 29.7. The molecule has 15 rings (SSSR count). The van der Waals surface area contributed by atoms with Crippen LogP contribution >= 0.6 is 0 Å². The molecular formula is C52H44O18. The van der Waals surface area contributed by atoms with E-state index in [2.05, 4.69) is 0 Å². The van der Waals surface area contributed by atoms with Crippen molar-refractivity contribution >= 4 is 46.3 Å². The van der Waals surface area contributed by atoms with E-state index in [-0.39, 0.29) is 23.0 Å². The van der Waals surface area contributed by atoms with Crippen LogP contribution in [0.2, 0.25) is 0 Å². The molecule has 0 atom stereocenters. The van der Waals surface area contributed by atoms with Crippen molar-refractivity contribution in [3.8, 4) is 23.0 Å². The number of allylic oxidation sites excluding steroid dienone is 16. The maximum absolute atomic E-state index is 11.9. The number of ether oxygens (including phenoxy) is 6. The molecule has 0 radical (unpaired) electrons. The van der Waals surface area contributed by atoms with Crippen LogP contribution in [-0.2, 0) is 66.8 Å². The maximum Gasteiger partial charge on any atom is 0.226 e. The monoisotopic (exact) mass is 956 g/mol. The van der Waals surface area contributed by atoms with Gasteiger partial charge in [-0.1, -0.05) is 0 Å². The summed E-state index contributed by atoms with van der Waals surface area (Å²) in [6.45, 7) is 9.33. The predicted molar refractivity (Wildman–Crippen MR) is 240 cm³/mol. The second kappa shape index (κ2) is 20.0. The summed E-state index contributed by atoms with van der Waals surface area (Å²) in [5, 5.41) is 39.7. The van der Waals surface area contributed by atoms with Gasteiger partial charge in [0.2, 0.25) is 46.3 Å². The van der Waals surface area contributed by atoms with Gasteiger partial charge in [-0.25, -0.2) is 0 Å². The highest BCUT2D eigenvalue weighted by Crippen LogP contribution is 2.64. The first kappa shape index (κ1) is 47.7. The van der Waals surface area contributed by atoms with Gasteiger partial charge in [0.25, 0.3) is 0 Å². The number of aromatic hydroxyl groups is 4. The summed E-state index contributed by atoms with van der Waals surface area (Å²) in [5.41, 5.74) is 7.25. The summed E-state index contributed by atoms with van der Waals surface area (Å²) in [6, 6.07) is 5.61. The lowest BCUT2D eigenvalue weighted by Crippen LogP contribution is -2.36. The fourth-order valence-corrected chi connectivity index (χ4v) is 9.91. The number of phenolic OH excluding ortho intramolecular Hbond substituents is 4. The average Bonchev–Trinajstić information content (AvgIpc) is 3.36. The lowest BCUT2D eigenvalue weighted by atomic mass is 9.55. The molecule has 2 aromatic rings. The second-order valence-electron chi connectivity index (χ2n) is 17.1. The van der Waals surface area contributed by atoms with E-state index in [1.807, 2.05) is 0 Å². The molecule has 0 amide bonds. The molecule has 13 aliphatic rings. The Morgan fingerprint density at radius 2 is 0.386 bits per heavy atom. The van der Waals surface area contributed by atoms with Crippen LogP contribution in [0.5, 0.6) is 23.0 Å². The zero-order chi connectivity index (χ0) is 49.4. The van der Waals surface area contributed by atoms with Gasteiger partial charge in [-0.3, -0.25) is 38.4 Å². The first-order chi connectivity index (χ1) is 33.7. The standard InChI is InChI=1S/2C20H10O6.3C4H8O2/c2*21-13-1-7-8(2-14(13)22)20-11-5-17(25)15(23)3-9(11)19(7)10-4-16(24)18(26)6-12(10)20;3*1-2-6-4-3-5-1/h2*1-6,19-22H;3*1-4H2. The van der Waals surface area contributed by atoms with Crippen molar-refractivity contribution in [3.05, 3.63) is 140 Å². The Kier molecular flexibility index (Phi) is 13.6. The highest BCUT2D eigenvalue weighted by molar-refractivity contribution is 6.49. The molecular weight excluding hydrogens is 913 g/mol. The zero-order valence-electron chi connectivity index (χ0n) is 37.2. The van der Waals surface area contributed by atoms with E-state index in [1.165, 1.54) is 72.9 Å². The zero-order valence-corrected chi connectivity index (χ0v) is 37.2. The molecule has 3 saturated heterocycles. The van der Waals surface area contributed by atoms with Crippen molar-refractivity contribution in [2.24, 2.45) is 0 Å². The van der Waals surface area contributed by atoms with Crippen LogP contribution in [0.1, 0.15) is 45.9 Å². The van der Waals surface area contributed by atoms with Gasteiger partial charge >= 0.3 is 0 Å². The van der Waals surface area contributed by atoms with Crippen LogP contribution in [0, 0.1) is 0 Å². The molecule has 4 N–H and O–H groups in total. The normalized spacial score (nSPS) is 25.3. The Balaban J connectivity index is 0.000000128. The van der Waals surface area contributed by atoms with Crippen molar-refractivity contribution in [3.63, 3.8) is 0 Å². The van der Waals surface area contributed by atoms with E-state index in [0.29, 0.717) is 66.8 Å². The fraction of sp³-hybridized carbons (Fsp3) is 0.308. The van der Waals surface area contributed by atoms with Crippen LogP contribution in [0.4, 0.5) is 0 Å². The molecule has 70 heavy (non-hydrogen) atoms. The first-order valence-electron chi connectivity index (χ1n) is 22.4. The third kappa shape index (κ3) is 9.03. The van der Waals surface area contributed by atoms with Crippen molar-refractivity contribution in [1.82, 2.24) is 0 Å². The minimum Gasteiger partial charge on any atom is -0.504 e. The van der Waals surface area contributed by atoms with E-state index in [4.69, 9.17) is 28.4 Å². The number of hydrogen-bond acceptors (Lipinski definition) is 18. The SMILES string of the molecule is C1COCCO1.C1COCCO1.C1COCCO1.O=C1C=C2C(=CC1=O)C1C3=CC(=O)C(=O)C=C3C2c2cc(O)c(O)cc21.O=C1C=C2C(=CC1=O)C1C3=CC(=O)C(=O)C=C3C2c2cc(O)c(O)cc21. The minimum absolute atomic E-state index is 0.315. The summed E-state index contributed by atoms with van der Waals surface area (Å²) in [6.07, 6.45) is 10.1. The summed E-state index contributed by atoms with van der Waals surface area (Å²) >= 11 is 0. The quantitative estimate of drug-likeness (QED) is 0.168. The van der Waals surface area contributed by atoms with Crippen molar-refractivity contribution in [1.29, 1.82) is 0 Å². The van der Waals surface area contributed by atoms with Gasteiger partial charge in [0.05, 0.1) is 79.3 Å². The lowest BCUT2D eigenvalue weighted by molar-refractivity contribution is -0.131. The fourth-order valence-electron chi connectivity index (χ4n) is 9.91. The Morgan fingerprint density at radius 3 is 0.500 bits per heavy atom. The van der Waals surface area contributed by atoms with Crippen molar-refractivity contribution < 1.29 is 87.2 Å². The molecule has 360 valence electrons. The molecule has 2 aromatic carbocycles. The van der Waals surface area contributed by atoms with Gasteiger partial charge in [-0.15, -0.1) is 0 Å². The summed E-state index contributed by atoms with van der Waals surface area (Å²) in [4.78, 5) is 95.4. The number of benzene rings is 2. The third-order valence-electron chi connectivity index (χ3n) is 12.9. The molecule has 18 heteroatoms. The highest BCUT2D eigenvalue weighted by atomic mass is 16.6. The summed E-state index contributed by atoms with van der Waals surface area (Å²) in [7, 11) is 0. The summed E-state index contributed by atoms with van der Waals surface area (Å²) in [5.74, 6) is -8.69. The number of rotatable bonds is 0. The number of carbonyl (C=O) groups is 8. The molecule has 18 nitrogen and oxygen atoms in total. The van der Waals surface area contributed by atoms with Gasteiger partial charge in [-0.2, -0.15) is 0 Å². The van der Waals surface area contributed by atoms with Crippen LogP contribution in [0.15, 0.2) is 117 Å². The number of phenols is 4. The van der Waals surface area contributed by atoms with Crippen molar-refractivity contribution in [2.45, 2.75) is 23.7 Å². The number of carbonyl (C=O) groups excluding carboxylic acids is 8. The molecule has 3 aliphatic heterocycles. The van der Waals surface area contributed by atoms with Gasteiger partial charge in [0, 0.05) is 23.7 Å². The van der Waals surface area contributed by atoms with Crippen molar-refractivity contribution in [2.75, 3.05) is 79.3 Å². The number of hydrogen-bond donors (Lipinski definition) is 4. The van der Waals surface area contributed by atoms with E-state index in [0.717, 1.165) is 79.3 Å². The van der Waals surface area contributed by atoms with Gasteiger partial charge in [-0.05, 0) is 140 Å². The van der Waals surface area contributed by atoms with Gasteiger partial charge in [0.15, 0.2) is 23.0 Å². The maximum atomic E-state index is 11.9. The van der Waals surface area contributed by atoms with E-state index in [1.54, 1.807) is 0 Å². The van der Waals surface area contributed by atoms with Crippen LogP contribution < -0.4 is 0 Å². The molecule has 10 aliphatic carbocycles. The molecule has 0 unspecified atom stereocenters. The molecule has 2 saturated carbocycles. The Hall–Kier alpha value is -7.32. The van der Waals surface area contributed by atoms with E-state index < -0.39 is 69.9 Å². The molecule has 5 fully saturated rings. The Labute approximate surface area is 398 Å². The van der Waals surface area contributed by atoms with Crippen LogP contribution in [0.25, 0.3) is 0 Å². The molecule has 0 aromatic heterocycles. The van der Waals surface area contributed by atoms with Gasteiger partial charge < -0.3 is 48.8 Å². The lowest BCUT2D eigenvalue weighted by Gasteiger charge is -2.47. The van der Waals surface area contributed by atoms with Gasteiger partial charge in [0.1, 0.15) is 0 Å². The largest absolute Gasteiger partial charge is 0.504 e. The highest BCUT2D eigenvalue weighted by Gasteiger charge is 2.51. The molecule has 0 spiro atoms. The number of ketones is 8. The Bertz CT molecular complexity index is 2400. The first-order valence-corrected chi connectivity index (χ1v) is 22.4. The average molecular weight is 957 g/mol. The smallest absolute Gasteiger partial charge is 0.226 e. The van der Waals surface area contributed by atoms with Crippen LogP contribution in [-0.4, -0.2) is 146 Å². The van der Waals surface area contributed by atoms with E-state index >= 15 is 0 Å². The second-order valence-corrected chi connectivity index (χ2v) is 17.1. The Morgan fingerprint density at radius 1 is 0.257 bits per heavy atom. The minimum atomic E-state index is -0.648. The predicted octanol–water partition coefficient (Wildman–Crippen LogP) is 2.70. The van der Waals surface area contributed by atoms with Crippen LogP contribution in [0.3, 0.4) is 0 Å². The molecule has 3 heterocycles. The third-order valence-corrected chi connectivity index (χ3v) is 12.9. The molecule has 4 bridgehead atoms. The topological polar surface area (TPSA) is 273 Å².